The second-order valence-corrected chi connectivity index (χ2v) is 8.99. The van der Waals surface area contributed by atoms with Gasteiger partial charge in [-0.25, -0.2) is 19.4 Å². The summed E-state index contributed by atoms with van der Waals surface area (Å²) in [5, 5.41) is 21.4. The summed E-state index contributed by atoms with van der Waals surface area (Å²) in [5.41, 5.74) is 2.61. The zero-order valence-electron chi connectivity index (χ0n) is 22.9. The summed E-state index contributed by atoms with van der Waals surface area (Å²) in [4.78, 5) is 40.5. The number of fused-ring (bicyclic) bond motifs is 1. The predicted octanol–water partition coefficient (Wildman–Crippen LogP) is 4.38. The number of aliphatic carboxylic acids is 3. The molecular weight excluding hydrogens is 639 g/mol. The molecule has 0 unspecified atom stereocenters. The average Bonchev–Trinajstić information content (AvgIpc) is 3.13. The molecule has 3 N–H and O–H groups in total. The lowest BCUT2D eigenvalue weighted by atomic mass is 10.1. The quantitative estimate of drug-likeness (QED) is 0.400. The summed E-state index contributed by atoms with van der Waals surface area (Å²) in [6.07, 6.45) is -7.34. The Morgan fingerprint density at radius 1 is 0.778 bits per heavy atom. The highest BCUT2D eigenvalue weighted by molar-refractivity contribution is 5.73. The van der Waals surface area contributed by atoms with Crippen LogP contribution in [0.25, 0.3) is 0 Å². The van der Waals surface area contributed by atoms with Crippen molar-refractivity contribution in [2.24, 2.45) is 0 Å². The third-order valence-electron chi connectivity index (χ3n) is 5.76. The van der Waals surface area contributed by atoms with E-state index in [1.165, 1.54) is 11.1 Å². The van der Waals surface area contributed by atoms with E-state index in [1.54, 1.807) is 0 Å². The minimum absolute atomic E-state index is 0.632. The Hall–Kier alpha value is -4.20. The van der Waals surface area contributed by atoms with Crippen LogP contribution in [0.5, 0.6) is 0 Å². The van der Waals surface area contributed by atoms with Crippen LogP contribution in [-0.4, -0.2) is 99.0 Å². The van der Waals surface area contributed by atoms with Crippen molar-refractivity contribution in [1.82, 2.24) is 14.9 Å². The Kier molecular flexibility index (Phi) is 15.0. The van der Waals surface area contributed by atoms with Gasteiger partial charge in [0.05, 0.1) is 0 Å². The average molecular weight is 666 g/mol. The Morgan fingerprint density at radius 3 is 1.69 bits per heavy atom. The van der Waals surface area contributed by atoms with E-state index >= 15 is 0 Å². The molecule has 0 bridgehead atoms. The van der Waals surface area contributed by atoms with Gasteiger partial charge in [-0.05, 0) is 36.6 Å². The molecule has 2 aromatic heterocycles. The number of rotatable bonds is 3. The normalized spacial score (nSPS) is 15.8. The number of nitrogens with zero attached hydrogens (tertiary/aromatic N) is 4. The molecule has 0 aliphatic carbocycles. The lowest BCUT2D eigenvalue weighted by Crippen LogP contribution is -2.41. The number of carboxylic acids is 3. The van der Waals surface area contributed by atoms with E-state index in [2.05, 4.69) is 39.0 Å². The number of pyridine rings is 2. The smallest absolute Gasteiger partial charge is 0.475 e. The van der Waals surface area contributed by atoms with E-state index in [4.69, 9.17) is 39.4 Å². The van der Waals surface area contributed by atoms with Crippen LogP contribution in [0, 0.1) is 0 Å². The maximum Gasteiger partial charge on any atom is 0.490 e. The Bertz CT molecular complexity index is 1170. The van der Waals surface area contributed by atoms with E-state index in [-0.39, 0.29) is 0 Å². The topological polar surface area (TPSA) is 153 Å². The lowest BCUT2D eigenvalue weighted by Gasteiger charge is -2.33. The Labute approximate surface area is 248 Å². The summed E-state index contributed by atoms with van der Waals surface area (Å²) in [7, 11) is 0. The molecule has 0 radical (unpaired) electrons. The highest BCUT2D eigenvalue weighted by Gasteiger charge is 2.39. The van der Waals surface area contributed by atoms with E-state index < -0.39 is 36.4 Å². The summed E-state index contributed by atoms with van der Waals surface area (Å²) >= 11 is 0. The molecule has 2 aromatic rings. The molecular formula is C25H27F9N4O7. The number of alkyl halides is 9. The summed E-state index contributed by atoms with van der Waals surface area (Å²) in [5.74, 6) is -7.14. The maximum absolute atomic E-state index is 10.6. The fourth-order valence-electron chi connectivity index (χ4n) is 3.72. The molecule has 2 aliphatic rings. The van der Waals surface area contributed by atoms with Crippen LogP contribution in [0.1, 0.15) is 24.0 Å². The van der Waals surface area contributed by atoms with Gasteiger partial charge in [-0.1, -0.05) is 6.07 Å². The number of halogens is 9. The molecule has 0 saturated carbocycles. The summed E-state index contributed by atoms with van der Waals surface area (Å²) in [6, 6.07) is 9.08. The number of carbonyl (C=O) groups is 3. The first-order valence-electron chi connectivity index (χ1n) is 12.5. The van der Waals surface area contributed by atoms with Crippen LogP contribution in [0.15, 0.2) is 42.9 Å². The first-order chi connectivity index (χ1) is 20.7. The Balaban J connectivity index is 0.000000396. The van der Waals surface area contributed by atoms with Gasteiger partial charge in [0.2, 0.25) is 0 Å². The number of carboxylic acid groups (broad SMARTS) is 3. The van der Waals surface area contributed by atoms with Crippen molar-refractivity contribution in [3.05, 3.63) is 54.0 Å². The van der Waals surface area contributed by atoms with Gasteiger partial charge in [0.15, 0.2) is 0 Å². The van der Waals surface area contributed by atoms with Gasteiger partial charge in [-0.2, -0.15) is 39.5 Å². The lowest BCUT2D eigenvalue weighted by molar-refractivity contribution is -0.193. The number of anilines is 1. The molecule has 4 rings (SSSR count). The maximum atomic E-state index is 10.6. The minimum atomic E-state index is -5.08. The van der Waals surface area contributed by atoms with Crippen LogP contribution in [-0.2, 0) is 32.2 Å². The van der Waals surface area contributed by atoms with Gasteiger partial charge in [0, 0.05) is 69.6 Å². The minimum Gasteiger partial charge on any atom is -0.475 e. The molecule has 252 valence electrons. The van der Waals surface area contributed by atoms with Crippen molar-refractivity contribution in [2.75, 3.05) is 31.2 Å². The van der Waals surface area contributed by atoms with Crippen molar-refractivity contribution >= 4 is 23.7 Å². The molecule has 0 atom stereocenters. The van der Waals surface area contributed by atoms with Gasteiger partial charge in [0.25, 0.3) is 0 Å². The first kappa shape index (κ1) is 38.8. The summed E-state index contributed by atoms with van der Waals surface area (Å²) in [6.45, 7) is 5.73. The van der Waals surface area contributed by atoms with E-state index in [1.807, 2.05) is 18.6 Å². The van der Waals surface area contributed by atoms with Gasteiger partial charge in [0.1, 0.15) is 5.82 Å². The fourth-order valence-corrected chi connectivity index (χ4v) is 3.72. The van der Waals surface area contributed by atoms with E-state index in [0.717, 1.165) is 58.1 Å². The van der Waals surface area contributed by atoms with Crippen molar-refractivity contribution in [1.29, 1.82) is 0 Å². The molecule has 45 heavy (non-hydrogen) atoms. The van der Waals surface area contributed by atoms with Crippen LogP contribution in [0.2, 0.25) is 0 Å². The number of hydrogen-bond acceptors (Lipinski definition) is 8. The highest BCUT2D eigenvalue weighted by Crippen LogP contribution is 2.27. The molecule has 1 fully saturated rings. The van der Waals surface area contributed by atoms with Crippen LogP contribution < -0.4 is 4.90 Å². The number of hydrogen-bond donors (Lipinski definition) is 3. The molecule has 11 nitrogen and oxygen atoms in total. The molecule has 0 aromatic carbocycles. The third kappa shape index (κ3) is 14.9. The summed E-state index contributed by atoms with van der Waals surface area (Å²) < 4.78 is 101. The molecule has 0 amide bonds. The zero-order chi connectivity index (χ0) is 34.4. The van der Waals surface area contributed by atoms with Crippen LogP contribution in [0.3, 0.4) is 0 Å². The zero-order valence-corrected chi connectivity index (χ0v) is 22.9. The second-order valence-electron chi connectivity index (χ2n) is 8.99. The highest BCUT2D eigenvalue weighted by atomic mass is 19.4. The van der Waals surface area contributed by atoms with Crippen molar-refractivity contribution < 1.29 is 74.0 Å². The van der Waals surface area contributed by atoms with Crippen molar-refractivity contribution in [2.45, 2.75) is 50.5 Å². The van der Waals surface area contributed by atoms with Crippen molar-refractivity contribution in [3.8, 4) is 0 Å². The largest absolute Gasteiger partial charge is 0.490 e. The van der Waals surface area contributed by atoms with E-state index in [9.17, 15) is 39.5 Å². The molecule has 1 saturated heterocycles. The molecule has 20 heteroatoms. The predicted molar refractivity (Wildman–Crippen MR) is 135 cm³/mol. The first-order valence-corrected chi connectivity index (χ1v) is 12.5. The second kappa shape index (κ2) is 17.3. The van der Waals surface area contributed by atoms with Crippen LogP contribution in [0.4, 0.5) is 45.3 Å². The molecule has 0 spiro atoms. The van der Waals surface area contributed by atoms with E-state index in [0.29, 0.717) is 6.04 Å². The monoisotopic (exact) mass is 666 g/mol. The Morgan fingerprint density at radius 2 is 1.24 bits per heavy atom. The van der Waals surface area contributed by atoms with Gasteiger partial charge < -0.3 is 25.0 Å². The SMILES string of the molecule is O=C(O)C(F)(F)F.O=C(O)C(F)(F)F.O=C(O)C(F)(F)F.c1cnc2c(c1)CN(C1CCOCC1)CCN2Cc1ccncc1. The van der Waals surface area contributed by atoms with Gasteiger partial charge in [-0.15, -0.1) is 0 Å². The standard InChI is InChI=1S/C19H24N4O.3C2HF3O2/c1-2-17-15-22(18-5-12-24-13-6-18)10-11-23(19(17)21-7-1)14-16-3-8-20-9-4-16;3*3-2(4,5)1(6)7/h1-4,7-9,18H,5-6,10-15H2;3*(H,6,7). The number of aromatic nitrogens is 2. The van der Waals surface area contributed by atoms with Crippen molar-refractivity contribution in [3.63, 3.8) is 0 Å². The fraction of sp³-hybridized carbons (Fsp3) is 0.480. The number of ether oxygens (including phenoxy) is 1. The molecule has 4 heterocycles. The van der Waals surface area contributed by atoms with Gasteiger partial charge in [-0.3, -0.25) is 9.88 Å². The van der Waals surface area contributed by atoms with Gasteiger partial charge >= 0.3 is 36.4 Å². The van der Waals surface area contributed by atoms with Crippen LogP contribution >= 0.6 is 0 Å². The third-order valence-corrected chi connectivity index (χ3v) is 5.76. The molecule has 2 aliphatic heterocycles.